The van der Waals surface area contributed by atoms with Crippen molar-refractivity contribution in [2.75, 3.05) is 13.2 Å². The fourth-order valence-electron chi connectivity index (χ4n) is 2.69. The van der Waals surface area contributed by atoms with E-state index in [2.05, 4.69) is 4.98 Å². The smallest absolute Gasteiger partial charge is 0.356 e. The summed E-state index contributed by atoms with van der Waals surface area (Å²) in [5, 5.41) is 9.32. The van der Waals surface area contributed by atoms with Crippen LogP contribution in [0.3, 0.4) is 0 Å². The number of imidazole rings is 1. The minimum Gasteiger partial charge on any atom is -0.476 e. The maximum absolute atomic E-state index is 12.8. The molecular weight excluding hydrogens is 314 g/mol. The number of nitrogens with zero attached hydrogens (tertiary/aromatic N) is 3. The summed E-state index contributed by atoms with van der Waals surface area (Å²) in [5.74, 6) is -2.10. The summed E-state index contributed by atoms with van der Waals surface area (Å²) in [6.07, 6.45) is 1.37. The maximum Gasteiger partial charge on any atom is 0.356 e. The minimum atomic E-state index is -1.19. The molecule has 0 bridgehead atoms. The first-order valence-electron chi connectivity index (χ1n) is 7.36. The molecule has 2 heterocycles. The number of hydrogen-bond donors (Lipinski definition) is 1. The first-order valence-corrected chi connectivity index (χ1v) is 7.36. The van der Waals surface area contributed by atoms with Gasteiger partial charge >= 0.3 is 11.9 Å². The molecule has 2 aromatic rings. The number of rotatable bonds is 4. The Labute approximate surface area is 137 Å². The second-order valence-electron chi connectivity index (χ2n) is 5.20. The zero-order chi connectivity index (χ0) is 17.3. The van der Waals surface area contributed by atoms with E-state index in [1.807, 2.05) is 0 Å². The molecule has 1 aromatic heterocycles. The number of carbonyl (C=O) groups excluding carboxylic acids is 2. The maximum atomic E-state index is 12.8. The Hall–Kier alpha value is -3.16. The monoisotopic (exact) mass is 329 g/mol. The fourth-order valence-corrected chi connectivity index (χ4v) is 2.69. The lowest BCUT2D eigenvalue weighted by molar-refractivity contribution is -0.143. The van der Waals surface area contributed by atoms with E-state index in [1.165, 1.54) is 11.2 Å². The molecule has 0 aliphatic carbocycles. The zero-order valence-electron chi connectivity index (χ0n) is 12.9. The van der Waals surface area contributed by atoms with Gasteiger partial charge in [-0.1, -0.05) is 12.1 Å². The van der Waals surface area contributed by atoms with Crippen molar-refractivity contribution in [1.82, 2.24) is 14.5 Å². The quantitative estimate of drug-likeness (QED) is 0.843. The number of esters is 1. The molecule has 0 spiro atoms. The number of carbonyl (C=O) groups is 3. The van der Waals surface area contributed by atoms with E-state index >= 15 is 0 Å². The van der Waals surface area contributed by atoms with Crippen LogP contribution in [0.2, 0.25) is 0 Å². The number of amides is 1. The highest BCUT2D eigenvalue weighted by atomic mass is 16.5. The van der Waals surface area contributed by atoms with E-state index in [0.717, 1.165) is 0 Å². The van der Waals surface area contributed by atoms with Gasteiger partial charge in [0.05, 0.1) is 30.1 Å². The van der Waals surface area contributed by atoms with Crippen LogP contribution in [0.25, 0.3) is 5.69 Å². The number of fused-ring (bicyclic) bond motifs is 3. The molecule has 124 valence electrons. The van der Waals surface area contributed by atoms with Crippen LogP contribution >= 0.6 is 0 Å². The van der Waals surface area contributed by atoms with Gasteiger partial charge in [-0.2, -0.15) is 0 Å². The van der Waals surface area contributed by atoms with Crippen molar-refractivity contribution in [2.24, 2.45) is 0 Å². The molecule has 0 saturated carbocycles. The lowest BCUT2D eigenvalue weighted by Gasteiger charge is -2.19. The molecule has 8 heteroatoms. The van der Waals surface area contributed by atoms with Crippen molar-refractivity contribution in [3.63, 3.8) is 0 Å². The van der Waals surface area contributed by atoms with Crippen molar-refractivity contribution in [2.45, 2.75) is 13.5 Å². The van der Waals surface area contributed by atoms with E-state index in [-0.39, 0.29) is 31.3 Å². The van der Waals surface area contributed by atoms with Gasteiger partial charge in [0.1, 0.15) is 12.9 Å². The summed E-state index contributed by atoms with van der Waals surface area (Å²) < 4.78 is 6.47. The first-order chi connectivity index (χ1) is 11.5. The van der Waals surface area contributed by atoms with Gasteiger partial charge in [-0.3, -0.25) is 14.2 Å². The van der Waals surface area contributed by atoms with Crippen LogP contribution in [0.4, 0.5) is 0 Å². The fraction of sp³-hybridized carbons (Fsp3) is 0.250. The van der Waals surface area contributed by atoms with Crippen LogP contribution < -0.4 is 0 Å². The molecule has 0 atom stereocenters. The third-order valence-corrected chi connectivity index (χ3v) is 3.72. The van der Waals surface area contributed by atoms with E-state index in [0.29, 0.717) is 16.9 Å². The predicted molar refractivity (Wildman–Crippen MR) is 81.9 cm³/mol. The lowest BCUT2D eigenvalue weighted by atomic mass is 10.1. The molecular formula is C16H15N3O5. The van der Waals surface area contributed by atoms with Crippen molar-refractivity contribution < 1.29 is 24.2 Å². The molecule has 0 fully saturated rings. The molecule has 24 heavy (non-hydrogen) atoms. The molecule has 0 saturated heterocycles. The Balaban J connectivity index is 2.10. The highest BCUT2D eigenvalue weighted by molar-refractivity contribution is 6.00. The number of ether oxygens (including phenoxy) is 1. The summed E-state index contributed by atoms with van der Waals surface area (Å²) in [6.45, 7) is 1.57. The van der Waals surface area contributed by atoms with Gasteiger partial charge in [-0.15, -0.1) is 0 Å². The van der Waals surface area contributed by atoms with E-state index in [1.54, 1.807) is 35.8 Å². The van der Waals surface area contributed by atoms with Gasteiger partial charge in [0, 0.05) is 0 Å². The SMILES string of the molecule is CCOC(=O)CN1Cc2c(C(=O)O)ncn2-c2ccccc2C1=O. The third-order valence-electron chi connectivity index (χ3n) is 3.72. The van der Waals surface area contributed by atoms with E-state index in [9.17, 15) is 19.5 Å². The minimum absolute atomic E-state index is 0.0477. The second-order valence-corrected chi connectivity index (χ2v) is 5.20. The largest absolute Gasteiger partial charge is 0.476 e. The average molecular weight is 329 g/mol. The van der Waals surface area contributed by atoms with Gasteiger partial charge in [0.25, 0.3) is 5.91 Å². The second kappa shape index (κ2) is 6.15. The average Bonchev–Trinajstić information content (AvgIpc) is 2.93. The summed E-state index contributed by atoms with van der Waals surface area (Å²) in [5.41, 5.74) is 1.09. The number of carboxylic acid groups (broad SMARTS) is 1. The van der Waals surface area contributed by atoms with Crippen LogP contribution in [-0.4, -0.2) is 50.6 Å². The number of aromatic nitrogens is 2. The third kappa shape index (κ3) is 2.62. The van der Waals surface area contributed by atoms with Gasteiger partial charge in [-0.05, 0) is 19.1 Å². The number of aromatic carboxylic acids is 1. The molecule has 0 unspecified atom stereocenters. The Morgan fingerprint density at radius 3 is 2.79 bits per heavy atom. The van der Waals surface area contributed by atoms with Gasteiger partial charge < -0.3 is 14.7 Å². The lowest BCUT2D eigenvalue weighted by Crippen LogP contribution is -2.35. The summed E-state index contributed by atoms with van der Waals surface area (Å²) >= 11 is 0. The molecule has 1 aliphatic rings. The van der Waals surface area contributed by atoms with Crippen LogP contribution in [0.5, 0.6) is 0 Å². The molecule has 1 aromatic carbocycles. The summed E-state index contributed by atoms with van der Waals surface area (Å²) in [4.78, 5) is 41.1. The Kier molecular flexibility index (Phi) is 4.03. The van der Waals surface area contributed by atoms with Crippen molar-refractivity contribution in [3.05, 3.63) is 47.5 Å². The highest BCUT2D eigenvalue weighted by Crippen LogP contribution is 2.26. The van der Waals surface area contributed by atoms with Crippen LogP contribution in [0, 0.1) is 0 Å². The van der Waals surface area contributed by atoms with Crippen molar-refractivity contribution in [3.8, 4) is 5.69 Å². The number of benzene rings is 1. The number of para-hydroxylation sites is 1. The van der Waals surface area contributed by atoms with E-state index < -0.39 is 11.9 Å². The van der Waals surface area contributed by atoms with Crippen molar-refractivity contribution in [1.29, 1.82) is 0 Å². The topological polar surface area (TPSA) is 102 Å². The number of hydrogen-bond acceptors (Lipinski definition) is 5. The van der Waals surface area contributed by atoms with Gasteiger partial charge in [-0.25, -0.2) is 9.78 Å². The molecule has 3 rings (SSSR count). The van der Waals surface area contributed by atoms with E-state index in [4.69, 9.17) is 4.74 Å². The van der Waals surface area contributed by atoms with Crippen LogP contribution in [0.15, 0.2) is 30.6 Å². The summed E-state index contributed by atoms with van der Waals surface area (Å²) in [6, 6.07) is 6.79. The molecule has 1 amide bonds. The zero-order valence-corrected chi connectivity index (χ0v) is 12.9. The van der Waals surface area contributed by atoms with Gasteiger partial charge in [0.2, 0.25) is 0 Å². The molecule has 0 radical (unpaired) electrons. The predicted octanol–water partition coefficient (Wildman–Crippen LogP) is 1.09. The highest BCUT2D eigenvalue weighted by Gasteiger charge is 2.31. The first kappa shape index (κ1) is 15.7. The summed E-state index contributed by atoms with van der Waals surface area (Å²) in [7, 11) is 0. The Morgan fingerprint density at radius 1 is 1.33 bits per heavy atom. The normalized spacial score (nSPS) is 13.0. The van der Waals surface area contributed by atoms with Crippen molar-refractivity contribution >= 4 is 17.8 Å². The number of carboxylic acids is 1. The standard InChI is InChI=1S/C16H15N3O5/c1-2-24-13(20)8-18-7-12-14(16(22)23)17-9-19(12)11-6-4-3-5-10(11)15(18)21/h3-6,9H,2,7-8H2,1H3,(H,22,23). The Morgan fingerprint density at radius 2 is 2.08 bits per heavy atom. The van der Waals surface area contributed by atoms with Crippen LogP contribution in [-0.2, 0) is 16.1 Å². The molecule has 1 N–H and O–H groups in total. The molecule has 8 nitrogen and oxygen atoms in total. The van der Waals surface area contributed by atoms with Gasteiger partial charge in [0.15, 0.2) is 5.69 Å². The van der Waals surface area contributed by atoms with Crippen LogP contribution in [0.1, 0.15) is 33.5 Å². The molecule has 1 aliphatic heterocycles. The Bertz CT molecular complexity index is 827.